The zero-order chi connectivity index (χ0) is 14.9. The van der Waals surface area contributed by atoms with Crippen LogP contribution in [0.1, 0.15) is 45.4 Å². The topological polar surface area (TPSA) is 39.1 Å². The Bertz CT molecular complexity index is 466. The molecule has 0 bridgehead atoms. The first kappa shape index (κ1) is 15.0. The van der Waals surface area contributed by atoms with Crippen molar-refractivity contribution in [2.75, 3.05) is 13.2 Å². The molecule has 0 spiro atoms. The van der Waals surface area contributed by atoms with Crippen molar-refractivity contribution in [3.63, 3.8) is 0 Å². The van der Waals surface area contributed by atoms with Crippen LogP contribution in [-0.4, -0.2) is 34.8 Å². The highest BCUT2D eigenvalue weighted by Crippen LogP contribution is 2.49. The van der Waals surface area contributed by atoms with Crippen LogP contribution in [0, 0.1) is 11.3 Å². The Labute approximate surface area is 128 Å². The number of imidazole rings is 1. The van der Waals surface area contributed by atoms with Crippen LogP contribution < -0.4 is 5.32 Å². The van der Waals surface area contributed by atoms with E-state index in [1.807, 2.05) is 12.4 Å². The molecule has 2 fully saturated rings. The average molecular weight is 291 g/mol. The molecule has 1 saturated heterocycles. The van der Waals surface area contributed by atoms with Gasteiger partial charge in [0, 0.05) is 50.5 Å². The fraction of sp³-hybridized carbons (Fsp3) is 0.824. The maximum absolute atomic E-state index is 6.16. The van der Waals surface area contributed by atoms with Crippen LogP contribution in [0.4, 0.5) is 0 Å². The molecular weight excluding hydrogens is 262 g/mol. The molecule has 2 heterocycles. The number of nitrogens with one attached hydrogen (secondary N) is 1. The first-order chi connectivity index (χ1) is 10.1. The molecule has 4 heteroatoms. The van der Waals surface area contributed by atoms with Gasteiger partial charge in [-0.3, -0.25) is 0 Å². The van der Waals surface area contributed by atoms with E-state index in [0.717, 1.165) is 25.5 Å². The SMILES string of the molecule is CC(C)NCC1(CCc2nccn2C)CCOC1C1CC1. The van der Waals surface area contributed by atoms with E-state index in [2.05, 4.69) is 35.8 Å². The summed E-state index contributed by atoms with van der Waals surface area (Å²) in [4.78, 5) is 4.49. The fourth-order valence-corrected chi connectivity index (χ4v) is 3.69. The molecule has 0 amide bonds. The minimum absolute atomic E-state index is 0.303. The number of hydrogen-bond donors (Lipinski definition) is 1. The third-order valence-corrected chi connectivity index (χ3v) is 5.18. The van der Waals surface area contributed by atoms with Crippen LogP contribution in [0.25, 0.3) is 0 Å². The van der Waals surface area contributed by atoms with Gasteiger partial charge in [0.25, 0.3) is 0 Å². The summed E-state index contributed by atoms with van der Waals surface area (Å²) in [5.41, 5.74) is 0.303. The Morgan fingerprint density at radius 1 is 1.48 bits per heavy atom. The number of hydrogen-bond acceptors (Lipinski definition) is 3. The van der Waals surface area contributed by atoms with Crippen LogP contribution in [-0.2, 0) is 18.2 Å². The van der Waals surface area contributed by atoms with Crippen molar-refractivity contribution < 1.29 is 4.74 Å². The van der Waals surface area contributed by atoms with Crippen LogP contribution >= 0.6 is 0 Å². The van der Waals surface area contributed by atoms with Gasteiger partial charge in [0.2, 0.25) is 0 Å². The molecular formula is C17H29N3O. The first-order valence-electron chi connectivity index (χ1n) is 8.42. The number of aryl methyl sites for hydroxylation is 2. The lowest BCUT2D eigenvalue weighted by molar-refractivity contribution is 0.0255. The van der Waals surface area contributed by atoms with Gasteiger partial charge in [-0.05, 0) is 31.6 Å². The summed E-state index contributed by atoms with van der Waals surface area (Å²) in [6, 6.07) is 0.537. The smallest absolute Gasteiger partial charge is 0.108 e. The Hall–Kier alpha value is -0.870. The van der Waals surface area contributed by atoms with Gasteiger partial charge < -0.3 is 14.6 Å². The molecule has 21 heavy (non-hydrogen) atoms. The molecule has 1 aromatic rings. The van der Waals surface area contributed by atoms with Crippen molar-refractivity contribution >= 4 is 0 Å². The van der Waals surface area contributed by atoms with E-state index in [-0.39, 0.29) is 0 Å². The zero-order valence-electron chi connectivity index (χ0n) is 13.6. The zero-order valence-corrected chi connectivity index (χ0v) is 13.6. The Morgan fingerprint density at radius 2 is 2.29 bits per heavy atom. The minimum atomic E-state index is 0.303. The van der Waals surface area contributed by atoms with Crippen molar-refractivity contribution in [2.24, 2.45) is 18.4 Å². The minimum Gasteiger partial charge on any atom is -0.377 e. The lowest BCUT2D eigenvalue weighted by atomic mass is 9.74. The van der Waals surface area contributed by atoms with Crippen molar-refractivity contribution in [1.29, 1.82) is 0 Å². The molecule has 1 saturated carbocycles. The summed E-state index contributed by atoms with van der Waals surface area (Å²) in [5, 5.41) is 3.68. The van der Waals surface area contributed by atoms with Gasteiger partial charge >= 0.3 is 0 Å². The molecule has 1 aliphatic carbocycles. The van der Waals surface area contributed by atoms with E-state index >= 15 is 0 Å². The molecule has 0 aromatic carbocycles. The molecule has 118 valence electrons. The Balaban J connectivity index is 1.70. The number of ether oxygens (including phenoxy) is 1. The van der Waals surface area contributed by atoms with Crippen LogP contribution in [0.2, 0.25) is 0 Å². The summed E-state index contributed by atoms with van der Waals surface area (Å²) in [6.45, 7) is 6.47. The van der Waals surface area contributed by atoms with Gasteiger partial charge in [0.05, 0.1) is 6.10 Å². The third-order valence-electron chi connectivity index (χ3n) is 5.18. The fourth-order valence-electron chi connectivity index (χ4n) is 3.69. The van der Waals surface area contributed by atoms with Crippen LogP contribution in [0.15, 0.2) is 12.4 Å². The molecule has 4 nitrogen and oxygen atoms in total. The van der Waals surface area contributed by atoms with Crippen molar-refractivity contribution in [2.45, 2.75) is 58.1 Å². The number of rotatable bonds is 7. The highest BCUT2D eigenvalue weighted by Gasteiger charge is 2.50. The third kappa shape index (κ3) is 3.32. The maximum Gasteiger partial charge on any atom is 0.108 e. The van der Waals surface area contributed by atoms with Crippen molar-refractivity contribution in [3.05, 3.63) is 18.2 Å². The molecule has 2 atom stereocenters. The van der Waals surface area contributed by atoms with E-state index in [9.17, 15) is 0 Å². The molecule has 2 unspecified atom stereocenters. The van der Waals surface area contributed by atoms with E-state index in [1.54, 1.807) is 0 Å². The molecule has 1 N–H and O–H groups in total. The van der Waals surface area contributed by atoms with Gasteiger partial charge in [-0.1, -0.05) is 13.8 Å². The number of aromatic nitrogens is 2. The van der Waals surface area contributed by atoms with E-state index in [4.69, 9.17) is 4.74 Å². The van der Waals surface area contributed by atoms with Gasteiger partial charge in [-0.2, -0.15) is 0 Å². The second kappa shape index (κ2) is 6.09. The molecule has 1 aromatic heterocycles. The molecule has 2 aliphatic rings. The summed E-state index contributed by atoms with van der Waals surface area (Å²) in [5.74, 6) is 2.00. The summed E-state index contributed by atoms with van der Waals surface area (Å²) in [6.07, 6.45) is 10.5. The van der Waals surface area contributed by atoms with Crippen LogP contribution in [0.5, 0.6) is 0 Å². The first-order valence-corrected chi connectivity index (χ1v) is 8.42. The average Bonchev–Trinajstić information content (AvgIpc) is 3.08. The van der Waals surface area contributed by atoms with Crippen molar-refractivity contribution in [1.82, 2.24) is 14.9 Å². The standard InChI is InChI=1S/C17H29N3O/c1-13(2)19-12-17(7-6-15-18-9-10-20(15)3)8-11-21-16(17)14-4-5-14/h9-10,13-14,16,19H,4-8,11-12H2,1-3H3. The summed E-state index contributed by atoms with van der Waals surface area (Å²) < 4.78 is 8.30. The Kier molecular flexibility index (Phi) is 4.36. The molecule has 0 radical (unpaired) electrons. The molecule has 1 aliphatic heterocycles. The van der Waals surface area contributed by atoms with Gasteiger partial charge in [-0.15, -0.1) is 0 Å². The highest BCUT2D eigenvalue weighted by atomic mass is 16.5. The lowest BCUT2D eigenvalue weighted by Gasteiger charge is -2.35. The Morgan fingerprint density at radius 3 is 2.90 bits per heavy atom. The normalized spacial score (nSPS) is 29.4. The second-order valence-corrected chi connectivity index (χ2v) is 7.23. The predicted octanol–water partition coefficient (Wildman–Crippen LogP) is 2.54. The lowest BCUT2D eigenvalue weighted by Crippen LogP contribution is -2.44. The monoisotopic (exact) mass is 291 g/mol. The van der Waals surface area contributed by atoms with E-state index < -0.39 is 0 Å². The van der Waals surface area contributed by atoms with Crippen molar-refractivity contribution in [3.8, 4) is 0 Å². The predicted molar refractivity (Wildman–Crippen MR) is 84.2 cm³/mol. The van der Waals surface area contributed by atoms with Gasteiger partial charge in [0.1, 0.15) is 5.82 Å². The van der Waals surface area contributed by atoms with E-state index in [1.165, 1.54) is 31.5 Å². The maximum atomic E-state index is 6.16. The quantitative estimate of drug-likeness (QED) is 0.839. The van der Waals surface area contributed by atoms with Crippen LogP contribution in [0.3, 0.4) is 0 Å². The summed E-state index contributed by atoms with van der Waals surface area (Å²) in [7, 11) is 2.09. The van der Waals surface area contributed by atoms with Gasteiger partial charge in [0.15, 0.2) is 0 Å². The molecule has 3 rings (SSSR count). The van der Waals surface area contributed by atoms with Gasteiger partial charge in [-0.25, -0.2) is 4.98 Å². The largest absolute Gasteiger partial charge is 0.377 e. The number of nitrogens with zero attached hydrogens (tertiary/aromatic N) is 2. The van der Waals surface area contributed by atoms with E-state index in [0.29, 0.717) is 17.6 Å². The second-order valence-electron chi connectivity index (χ2n) is 7.23. The summed E-state index contributed by atoms with van der Waals surface area (Å²) >= 11 is 0. The highest BCUT2D eigenvalue weighted by molar-refractivity contribution is 5.03.